The molecule has 152 valence electrons. The largest absolute Gasteiger partial charge is 0.404 e. The van der Waals surface area contributed by atoms with E-state index in [2.05, 4.69) is 31.4 Å². The Morgan fingerprint density at radius 1 is 1.24 bits per heavy atom. The van der Waals surface area contributed by atoms with Crippen molar-refractivity contribution in [3.8, 4) is 0 Å². The van der Waals surface area contributed by atoms with Crippen molar-refractivity contribution in [2.75, 3.05) is 5.32 Å². The minimum absolute atomic E-state index is 0.0202. The quantitative estimate of drug-likeness (QED) is 0.381. The van der Waals surface area contributed by atoms with E-state index < -0.39 is 16.6 Å². The molecule has 1 amide bonds. The second kappa shape index (κ2) is 8.89. The van der Waals surface area contributed by atoms with Crippen LogP contribution in [-0.2, 0) is 17.9 Å². The number of nitro groups is 1. The fourth-order valence-electron chi connectivity index (χ4n) is 2.44. The highest BCUT2D eigenvalue weighted by molar-refractivity contribution is 9.10. The maximum Gasteiger partial charge on any atom is 0.404 e. The molecule has 1 aromatic carbocycles. The first-order chi connectivity index (χ1) is 13.7. The summed E-state index contributed by atoms with van der Waals surface area (Å²) in [5.74, 6) is -1.12. The van der Waals surface area contributed by atoms with Gasteiger partial charge in [0.15, 0.2) is 5.82 Å². The van der Waals surface area contributed by atoms with Crippen molar-refractivity contribution in [2.45, 2.75) is 19.5 Å². The minimum Gasteiger partial charge on any atom is -0.358 e. The number of halogens is 4. The molecule has 0 saturated carbocycles. The molecule has 0 radical (unpaired) electrons. The first-order valence-electron chi connectivity index (χ1n) is 8.07. The predicted octanol–water partition coefficient (Wildman–Crippen LogP) is 4.27. The van der Waals surface area contributed by atoms with Crippen LogP contribution in [-0.4, -0.2) is 30.4 Å². The van der Waals surface area contributed by atoms with E-state index in [1.807, 2.05) is 0 Å². The second-order valence-electron chi connectivity index (χ2n) is 5.84. The lowest BCUT2D eigenvalue weighted by atomic mass is 10.2. The van der Waals surface area contributed by atoms with Crippen LogP contribution >= 0.6 is 39.1 Å². The highest BCUT2D eigenvalue weighted by Gasteiger charge is 2.19. The third-order valence-corrected chi connectivity index (χ3v) is 4.99. The molecular formula is C16H12BrCl2FN6O3. The number of aryl methyl sites for hydroxylation is 1. The van der Waals surface area contributed by atoms with Crippen LogP contribution in [0.2, 0.25) is 10.0 Å². The van der Waals surface area contributed by atoms with Crippen molar-refractivity contribution in [1.82, 2.24) is 19.6 Å². The summed E-state index contributed by atoms with van der Waals surface area (Å²) in [6, 6.07) is 4.34. The Labute approximate surface area is 181 Å². The summed E-state index contributed by atoms with van der Waals surface area (Å²) < 4.78 is 16.8. The molecule has 0 atom stereocenters. The summed E-state index contributed by atoms with van der Waals surface area (Å²) in [5.41, 5.74) is 0.247. The lowest BCUT2D eigenvalue weighted by molar-refractivity contribution is -0.390. The normalized spacial score (nSPS) is 10.9. The molecule has 0 unspecified atom stereocenters. The predicted molar refractivity (Wildman–Crippen MR) is 108 cm³/mol. The number of carbonyl (C=O) groups is 1. The molecule has 0 bridgehead atoms. The Morgan fingerprint density at radius 3 is 2.66 bits per heavy atom. The molecule has 0 aliphatic rings. The van der Waals surface area contributed by atoms with Gasteiger partial charge in [0.05, 0.1) is 24.4 Å². The van der Waals surface area contributed by atoms with Gasteiger partial charge in [0, 0.05) is 23.2 Å². The fourth-order valence-corrected chi connectivity index (χ4v) is 3.32. The molecule has 0 saturated heterocycles. The third kappa shape index (κ3) is 5.11. The average Bonchev–Trinajstić information content (AvgIpc) is 3.19. The van der Waals surface area contributed by atoms with Gasteiger partial charge in [0.2, 0.25) is 5.91 Å². The molecule has 1 N–H and O–H groups in total. The summed E-state index contributed by atoms with van der Waals surface area (Å²) in [6.45, 7) is 0.146. The van der Waals surface area contributed by atoms with E-state index in [4.69, 9.17) is 23.2 Å². The summed E-state index contributed by atoms with van der Waals surface area (Å²) in [5, 5.41) is 21.7. The molecular weight excluding hydrogens is 494 g/mol. The zero-order chi connectivity index (χ0) is 21.1. The summed E-state index contributed by atoms with van der Waals surface area (Å²) in [4.78, 5) is 22.3. The van der Waals surface area contributed by atoms with Crippen molar-refractivity contribution < 1.29 is 14.1 Å². The Balaban J connectivity index is 1.62. The number of anilines is 1. The topological polar surface area (TPSA) is 108 Å². The van der Waals surface area contributed by atoms with Gasteiger partial charge in [-0.2, -0.15) is 9.78 Å². The molecule has 13 heteroatoms. The van der Waals surface area contributed by atoms with Crippen LogP contribution in [0.3, 0.4) is 0 Å². The first kappa shape index (κ1) is 21.2. The highest BCUT2D eigenvalue weighted by atomic mass is 79.9. The standard InChI is InChI=1S/C16H12BrCl2FN6O3/c17-10-7-24(23-16(10)26(28)29)5-4-14(27)21-15-12(19)8-25(22-15)6-9-11(18)2-1-3-13(9)20/h1-3,7-8H,4-6H2,(H,21,22,27). The third-order valence-electron chi connectivity index (χ3n) is 3.80. The van der Waals surface area contributed by atoms with E-state index in [0.717, 1.165) is 0 Å². The highest BCUT2D eigenvalue weighted by Crippen LogP contribution is 2.24. The van der Waals surface area contributed by atoms with Crippen molar-refractivity contribution in [3.05, 3.63) is 66.6 Å². The number of rotatable bonds is 7. The van der Waals surface area contributed by atoms with Gasteiger partial charge in [-0.05, 0) is 33.0 Å². The molecule has 0 aliphatic carbocycles. The number of nitrogens with one attached hydrogen (secondary N) is 1. The summed E-state index contributed by atoms with van der Waals surface area (Å²) >= 11 is 15.1. The second-order valence-corrected chi connectivity index (χ2v) is 7.51. The Morgan fingerprint density at radius 2 is 2.00 bits per heavy atom. The monoisotopic (exact) mass is 504 g/mol. The van der Waals surface area contributed by atoms with Crippen LogP contribution in [0.25, 0.3) is 0 Å². The van der Waals surface area contributed by atoms with Gasteiger partial charge in [0.25, 0.3) is 0 Å². The zero-order valence-corrected chi connectivity index (χ0v) is 17.6. The van der Waals surface area contributed by atoms with Gasteiger partial charge in [-0.25, -0.2) is 4.39 Å². The molecule has 2 aromatic heterocycles. The van der Waals surface area contributed by atoms with E-state index in [1.165, 1.54) is 33.9 Å². The molecule has 9 nitrogen and oxygen atoms in total. The number of aromatic nitrogens is 4. The molecule has 2 heterocycles. The SMILES string of the molecule is O=C(CCn1cc(Br)c([N+](=O)[O-])n1)Nc1nn(Cc2c(F)cccc2Cl)cc1Cl. The Hall–Kier alpha value is -2.50. The lowest BCUT2D eigenvalue weighted by Gasteiger charge is -2.06. The van der Waals surface area contributed by atoms with Gasteiger partial charge in [-0.15, -0.1) is 0 Å². The summed E-state index contributed by atoms with van der Waals surface area (Å²) in [6.07, 6.45) is 2.83. The first-order valence-corrected chi connectivity index (χ1v) is 9.62. The molecule has 0 aliphatic heterocycles. The van der Waals surface area contributed by atoms with Crippen molar-refractivity contribution in [2.24, 2.45) is 0 Å². The van der Waals surface area contributed by atoms with E-state index >= 15 is 0 Å². The average molecular weight is 506 g/mol. The summed E-state index contributed by atoms with van der Waals surface area (Å²) in [7, 11) is 0. The van der Waals surface area contributed by atoms with Crippen LogP contribution < -0.4 is 5.32 Å². The molecule has 0 fully saturated rings. The molecule has 0 spiro atoms. The number of hydrogen-bond donors (Lipinski definition) is 1. The minimum atomic E-state index is -0.630. The van der Waals surface area contributed by atoms with Crippen molar-refractivity contribution in [3.63, 3.8) is 0 Å². The molecule has 29 heavy (non-hydrogen) atoms. The van der Waals surface area contributed by atoms with Crippen LogP contribution in [0.1, 0.15) is 12.0 Å². The Bertz CT molecular complexity index is 1070. The van der Waals surface area contributed by atoms with Gasteiger partial charge in [-0.1, -0.05) is 29.3 Å². The van der Waals surface area contributed by atoms with E-state index in [1.54, 1.807) is 6.07 Å². The number of amides is 1. The fraction of sp³-hybridized carbons (Fsp3) is 0.188. The number of carbonyl (C=O) groups excluding carboxylic acids is 1. The van der Waals surface area contributed by atoms with Crippen LogP contribution in [0, 0.1) is 15.9 Å². The lowest BCUT2D eigenvalue weighted by Crippen LogP contribution is -2.15. The van der Waals surface area contributed by atoms with Crippen LogP contribution in [0.4, 0.5) is 16.0 Å². The van der Waals surface area contributed by atoms with Gasteiger partial charge in [-0.3, -0.25) is 9.48 Å². The van der Waals surface area contributed by atoms with E-state index in [-0.39, 0.29) is 51.2 Å². The number of benzene rings is 1. The van der Waals surface area contributed by atoms with Gasteiger partial charge in [0.1, 0.15) is 15.3 Å². The maximum atomic E-state index is 13.9. The molecule has 3 rings (SSSR count). The van der Waals surface area contributed by atoms with Crippen LogP contribution in [0.15, 0.2) is 35.1 Å². The number of nitrogens with zero attached hydrogens (tertiary/aromatic N) is 5. The van der Waals surface area contributed by atoms with Crippen molar-refractivity contribution >= 4 is 56.7 Å². The smallest absolute Gasteiger partial charge is 0.358 e. The van der Waals surface area contributed by atoms with Crippen LogP contribution in [0.5, 0.6) is 0 Å². The molecule has 3 aromatic rings. The number of hydrogen-bond acceptors (Lipinski definition) is 5. The van der Waals surface area contributed by atoms with E-state index in [0.29, 0.717) is 0 Å². The van der Waals surface area contributed by atoms with Crippen molar-refractivity contribution in [1.29, 1.82) is 0 Å². The Kier molecular flexibility index (Phi) is 6.50. The maximum absolute atomic E-state index is 13.9. The van der Waals surface area contributed by atoms with E-state index in [9.17, 15) is 19.3 Å². The van der Waals surface area contributed by atoms with Gasteiger partial charge < -0.3 is 15.4 Å². The zero-order valence-electron chi connectivity index (χ0n) is 14.5. The van der Waals surface area contributed by atoms with Gasteiger partial charge >= 0.3 is 5.82 Å².